The van der Waals surface area contributed by atoms with Gasteiger partial charge in [0.2, 0.25) is 0 Å². The normalized spacial score (nSPS) is 19.2. The Morgan fingerprint density at radius 2 is 1.88 bits per heavy atom. The zero-order valence-electron chi connectivity index (χ0n) is 10.4. The van der Waals surface area contributed by atoms with Crippen molar-refractivity contribution in [3.05, 3.63) is 24.3 Å². The fourth-order valence-corrected chi connectivity index (χ4v) is 1.92. The van der Waals surface area contributed by atoms with Crippen LogP contribution in [0.15, 0.2) is 24.3 Å². The minimum absolute atomic E-state index is 0.658. The smallest absolute Gasteiger partial charge is 0.119 e. The van der Waals surface area contributed by atoms with Gasteiger partial charge >= 0.3 is 0 Å². The first-order valence-electron chi connectivity index (χ1n) is 6.45. The number of ether oxygens (including phenoxy) is 2. The van der Waals surface area contributed by atoms with E-state index in [0.29, 0.717) is 5.92 Å². The molecule has 1 aliphatic heterocycles. The van der Waals surface area contributed by atoms with Crippen molar-refractivity contribution in [2.75, 3.05) is 26.3 Å². The van der Waals surface area contributed by atoms with E-state index in [0.717, 1.165) is 44.2 Å². The molecule has 0 saturated carbocycles. The van der Waals surface area contributed by atoms with Crippen molar-refractivity contribution in [2.45, 2.75) is 19.8 Å². The SMILES string of the molecule is CCCOc1ccc(OC[C@H]2CCNC2)cc1. The molecule has 3 heteroatoms. The van der Waals surface area contributed by atoms with Crippen LogP contribution in [0.2, 0.25) is 0 Å². The average molecular weight is 235 g/mol. The van der Waals surface area contributed by atoms with Crippen LogP contribution < -0.4 is 14.8 Å². The zero-order chi connectivity index (χ0) is 11.9. The number of nitrogens with one attached hydrogen (secondary N) is 1. The lowest BCUT2D eigenvalue weighted by Crippen LogP contribution is -2.15. The third kappa shape index (κ3) is 3.93. The van der Waals surface area contributed by atoms with E-state index in [9.17, 15) is 0 Å². The molecule has 1 aromatic carbocycles. The second-order valence-electron chi connectivity index (χ2n) is 4.49. The van der Waals surface area contributed by atoms with Crippen molar-refractivity contribution < 1.29 is 9.47 Å². The highest BCUT2D eigenvalue weighted by molar-refractivity contribution is 5.31. The van der Waals surface area contributed by atoms with Gasteiger partial charge in [-0.3, -0.25) is 0 Å². The van der Waals surface area contributed by atoms with Crippen LogP contribution >= 0.6 is 0 Å². The molecule has 1 N–H and O–H groups in total. The molecular weight excluding hydrogens is 214 g/mol. The number of hydrogen-bond acceptors (Lipinski definition) is 3. The van der Waals surface area contributed by atoms with Gasteiger partial charge in [-0.25, -0.2) is 0 Å². The summed E-state index contributed by atoms with van der Waals surface area (Å²) in [4.78, 5) is 0. The summed E-state index contributed by atoms with van der Waals surface area (Å²) < 4.78 is 11.3. The fraction of sp³-hybridized carbons (Fsp3) is 0.571. The highest BCUT2D eigenvalue weighted by atomic mass is 16.5. The van der Waals surface area contributed by atoms with Crippen molar-refractivity contribution in [1.82, 2.24) is 5.32 Å². The first-order chi connectivity index (χ1) is 8.38. The highest BCUT2D eigenvalue weighted by Gasteiger charge is 2.14. The summed E-state index contributed by atoms with van der Waals surface area (Å²) >= 11 is 0. The summed E-state index contributed by atoms with van der Waals surface area (Å²) in [5.74, 6) is 2.51. The molecule has 1 atom stereocenters. The van der Waals surface area contributed by atoms with E-state index >= 15 is 0 Å². The largest absolute Gasteiger partial charge is 0.494 e. The molecule has 0 aliphatic carbocycles. The molecule has 0 bridgehead atoms. The molecule has 1 aliphatic rings. The van der Waals surface area contributed by atoms with Gasteiger partial charge in [-0.05, 0) is 43.7 Å². The lowest BCUT2D eigenvalue weighted by atomic mass is 10.1. The van der Waals surface area contributed by atoms with Crippen LogP contribution in [0, 0.1) is 5.92 Å². The van der Waals surface area contributed by atoms with Gasteiger partial charge < -0.3 is 14.8 Å². The number of benzene rings is 1. The van der Waals surface area contributed by atoms with Gasteiger partial charge in [0.05, 0.1) is 13.2 Å². The summed E-state index contributed by atoms with van der Waals surface area (Å²) in [5.41, 5.74) is 0. The van der Waals surface area contributed by atoms with Gasteiger partial charge in [0.1, 0.15) is 11.5 Å². The fourth-order valence-electron chi connectivity index (χ4n) is 1.92. The lowest BCUT2D eigenvalue weighted by molar-refractivity contribution is 0.259. The first-order valence-corrected chi connectivity index (χ1v) is 6.45. The molecule has 94 valence electrons. The summed E-state index contributed by atoms with van der Waals surface area (Å²) in [6, 6.07) is 7.90. The van der Waals surface area contributed by atoms with E-state index < -0.39 is 0 Å². The van der Waals surface area contributed by atoms with Crippen molar-refractivity contribution in [3.8, 4) is 11.5 Å². The van der Waals surface area contributed by atoms with E-state index in [1.54, 1.807) is 0 Å². The molecule has 1 heterocycles. The number of hydrogen-bond donors (Lipinski definition) is 1. The maximum atomic E-state index is 5.75. The Kier molecular flexibility index (Phi) is 4.68. The molecule has 0 radical (unpaired) electrons. The topological polar surface area (TPSA) is 30.5 Å². The van der Waals surface area contributed by atoms with Crippen molar-refractivity contribution in [1.29, 1.82) is 0 Å². The molecule has 1 aromatic rings. The Bertz CT molecular complexity index is 317. The molecule has 0 aromatic heterocycles. The van der Waals surface area contributed by atoms with Gasteiger partial charge in [0.15, 0.2) is 0 Å². The maximum Gasteiger partial charge on any atom is 0.119 e. The second-order valence-corrected chi connectivity index (χ2v) is 4.49. The van der Waals surface area contributed by atoms with E-state index in [1.165, 1.54) is 6.42 Å². The van der Waals surface area contributed by atoms with Crippen LogP contribution in [-0.2, 0) is 0 Å². The van der Waals surface area contributed by atoms with E-state index in [-0.39, 0.29) is 0 Å². The Morgan fingerprint density at radius 1 is 1.18 bits per heavy atom. The van der Waals surface area contributed by atoms with Gasteiger partial charge in [0, 0.05) is 12.5 Å². The third-order valence-corrected chi connectivity index (χ3v) is 2.94. The summed E-state index contributed by atoms with van der Waals surface area (Å²) in [7, 11) is 0. The van der Waals surface area contributed by atoms with Gasteiger partial charge in [-0.1, -0.05) is 6.92 Å². The van der Waals surface area contributed by atoms with Crippen LogP contribution in [-0.4, -0.2) is 26.3 Å². The summed E-state index contributed by atoms with van der Waals surface area (Å²) in [6.45, 7) is 5.89. The lowest BCUT2D eigenvalue weighted by Gasteiger charge is -2.11. The van der Waals surface area contributed by atoms with Crippen LogP contribution in [0.25, 0.3) is 0 Å². The minimum atomic E-state index is 0.658. The second kappa shape index (κ2) is 6.50. The first kappa shape index (κ1) is 12.2. The van der Waals surface area contributed by atoms with E-state index in [2.05, 4.69) is 12.2 Å². The van der Waals surface area contributed by atoms with E-state index in [4.69, 9.17) is 9.47 Å². The minimum Gasteiger partial charge on any atom is -0.494 e. The van der Waals surface area contributed by atoms with Crippen molar-refractivity contribution in [3.63, 3.8) is 0 Å². The predicted octanol–water partition coefficient (Wildman–Crippen LogP) is 2.46. The van der Waals surface area contributed by atoms with Crippen molar-refractivity contribution >= 4 is 0 Å². The Morgan fingerprint density at radius 3 is 2.47 bits per heavy atom. The molecular formula is C14H21NO2. The Hall–Kier alpha value is -1.22. The Balaban J connectivity index is 1.76. The molecule has 0 spiro atoms. The van der Waals surface area contributed by atoms with Gasteiger partial charge in [-0.2, -0.15) is 0 Å². The summed E-state index contributed by atoms with van der Waals surface area (Å²) in [5, 5.41) is 3.34. The van der Waals surface area contributed by atoms with Crippen LogP contribution in [0.1, 0.15) is 19.8 Å². The molecule has 0 amide bonds. The van der Waals surface area contributed by atoms with Gasteiger partial charge in [0.25, 0.3) is 0 Å². The third-order valence-electron chi connectivity index (χ3n) is 2.94. The van der Waals surface area contributed by atoms with Gasteiger partial charge in [-0.15, -0.1) is 0 Å². The highest BCUT2D eigenvalue weighted by Crippen LogP contribution is 2.19. The monoisotopic (exact) mass is 235 g/mol. The van der Waals surface area contributed by atoms with Crippen molar-refractivity contribution in [2.24, 2.45) is 5.92 Å². The average Bonchev–Trinajstić information content (AvgIpc) is 2.88. The van der Waals surface area contributed by atoms with Crippen LogP contribution in [0.4, 0.5) is 0 Å². The van der Waals surface area contributed by atoms with Crippen LogP contribution in [0.3, 0.4) is 0 Å². The maximum absolute atomic E-state index is 5.75. The van der Waals surface area contributed by atoms with E-state index in [1.807, 2.05) is 24.3 Å². The quantitative estimate of drug-likeness (QED) is 0.821. The number of rotatable bonds is 6. The molecule has 17 heavy (non-hydrogen) atoms. The molecule has 0 unspecified atom stereocenters. The molecule has 1 saturated heterocycles. The summed E-state index contributed by atoms with van der Waals surface area (Å²) in [6.07, 6.45) is 2.25. The zero-order valence-corrected chi connectivity index (χ0v) is 10.4. The molecule has 3 nitrogen and oxygen atoms in total. The molecule has 2 rings (SSSR count). The Labute approximate surface area is 103 Å². The standard InChI is InChI=1S/C14H21NO2/c1-2-9-16-13-3-5-14(6-4-13)17-11-12-7-8-15-10-12/h3-6,12,15H,2,7-11H2,1H3/t12-/m0/s1. The predicted molar refractivity (Wildman–Crippen MR) is 68.7 cm³/mol. The van der Waals surface area contributed by atoms with Crippen LogP contribution in [0.5, 0.6) is 11.5 Å². The molecule has 1 fully saturated rings.